The Morgan fingerprint density at radius 1 is 1.10 bits per heavy atom. The number of hydrogen-bond donors (Lipinski definition) is 1. The van der Waals surface area contributed by atoms with Gasteiger partial charge in [-0.05, 0) is 69.3 Å². The third-order valence-electron chi connectivity index (χ3n) is 4.91. The maximum Gasteiger partial charge on any atom is 0.295 e. The number of aromatic nitrogens is 4. The first-order valence-corrected chi connectivity index (χ1v) is 9.88. The topological polar surface area (TPSA) is 75.9 Å². The molecule has 7 heteroatoms. The molecule has 0 aliphatic rings. The van der Waals surface area contributed by atoms with Gasteiger partial charge in [0.15, 0.2) is 0 Å². The Morgan fingerprint density at radius 2 is 1.97 bits per heavy atom. The molecule has 0 saturated heterocycles. The third-order valence-corrected chi connectivity index (χ3v) is 4.91. The van der Waals surface area contributed by atoms with Crippen LogP contribution in [-0.2, 0) is 13.0 Å². The average molecular weight is 393 g/mol. The van der Waals surface area contributed by atoms with E-state index in [1.807, 2.05) is 56.4 Å². The van der Waals surface area contributed by atoms with E-state index in [-0.39, 0.29) is 11.7 Å². The van der Waals surface area contributed by atoms with Gasteiger partial charge in [0.2, 0.25) is 5.82 Å². The van der Waals surface area contributed by atoms with Crippen LogP contribution in [0, 0.1) is 13.8 Å². The molecule has 2 heterocycles. The summed E-state index contributed by atoms with van der Waals surface area (Å²) in [6.45, 7) is 6.68. The standard InChI is InChI=1S/C22H28N6O/c1-17-8-9-20(15-18(17)2)25-22(29)21-24-16-28(26-21)13-6-12-27(3)14-10-19-7-4-5-11-23-19/h4-5,7-9,11,15-16H,6,10,12-14H2,1-3H3,(H,25,29). The molecule has 3 rings (SSSR count). The summed E-state index contributed by atoms with van der Waals surface area (Å²) in [5.41, 5.74) is 4.18. The predicted octanol–water partition coefficient (Wildman–Crippen LogP) is 3.11. The van der Waals surface area contributed by atoms with E-state index in [4.69, 9.17) is 0 Å². The largest absolute Gasteiger partial charge is 0.319 e. The van der Waals surface area contributed by atoms with Gasteiger partial charge >= 0.3 is 0 Å². The van der Waals surface area contributed by atoms with Crippen molar-refractivity contribution in [2.45, 2.75) is 33.2 Å². The van der Waals surface area contributed by atoms with Crippen molar-refractivity contribution < 1.29 is 4.79 Å². The Morgan fingerprint density at radius 3 is 2.72 bits per heavy atom. The van der Waals surface area contributed by atoms with Crippen LogP contribution in [-0.4, -0.2) is 50.7 Å². The van der Waals surface area contributed by atoms with Crippen molar-refractivity contribution >= 4 is 11.6 Å². The molecule has 0 fully saturated rings. The lowest BCUT2D eigenvalue weighted by Crippen LogP contribution is -2.23. The summed E-state index contributed by atoms with van der Waals surface area (Å²) in [6.07, 6.45) is 5.31. The molecule has 0 radical (unpaired) electrons. The van der Waals surface area contributed by atoms with Crippen LogP contribution in [0.5, 0.6) is 0 Å². The number of likely N-dealkylation sites (N-methyl/N-ethyl adjacent to an activating group) is 1. The summed E-state index contributed by atoms with van der Waals surface area (Å²) in [4.78, 5) is 23.1. The number of pyridine rings is 1. The van der Waals surface area contributed by atoms with Crippen molar-refractivity contribution in [2.75, 3.05) is 25.5 Å². The number of amides is 1. The Balaban J connectivity index is 1.42. The van der Waals surface area contributed by atoms with E-state index in [2.05, 4.69) is 32.3 Å². The number of nitrogens with zero attached hydrogens (tertiary/aromatic N) is 5. The number of benzene rings is 1. The van der Waals surface area contributed by atoms with Crippen LogP contribution >= 0.6 is 0 Å². The van der Waals surface area contributed by atoms with E-state index in [0.29, 0.717) is 0 Å². The SMILES string of the molecule is Cc1ccc(NC(=O)c2ncn(CCCN(C)CCc3ccccn3)n2)cc1C. The number of carbonyl (C=O) groups excluding carboxylic acids is 1. The summed E-state index contributed by atoms with van der Waals surface area (Å²) in [6, 6.07) is 11.8. The lowest BCUT2D eigenvalue weighted by molar-refractivity contribution is 0.101. The van der Waals surface area contributed by atoms with Crippen LogP contribution in [0.2, 0.25) is 0 Å². The molecule has 1 N–H and O–H groups in total. The van der Waals surface area contributed by atoms with E-state index in [9.17, 15) is 4.79 Å². The van der Waals surface area contributed by atoms with Gasteiger partial charge in [-0.3, -0.25) is 14.5 Å². The highest BCUT2D eigenvalue weighted by Crippen LogP contribution is 2.14. The van der Waals surface area contributed by atoms with Gasteiger partial charge in [-0.1, -0.05) is 12.1 Å². The Labute approximate surface area is 171 Å². The molecular weight excluding hydrogens is 364 g/mol. The molecule has 7 nitrogen and oxygen atoms in total. The molecule has 1 amide bonds. The molecule has 1 aromatic carbocycles. The molecule has 0 unspecified atom stereocenters. The van der Waals surface area contributed by atoms with Gasteiger partial charge in [-0.15, -0.1) is 5.10 Å². The fraction of sp³-hybridized carbons (Fsp3) is 0.364. The van der Waals surface area contributed by atoms with Crippen molar-refractivity contribution in [3.8, 4) is 0 Å². The molecule has 0 saturated carbocycles. The van der Waals surface area contributed by atoms with Crippen molar-refractivity contribution in [3.05, 3.63) is 71.6 Å². The second-order valence-corrected chi connectivity index (χ2v) is 7.31. The molecule has 0 bridgehead atoms. The summed E-state index contributed by atoms with van der Waals surface area (Å²) in [5, 5.41) is 7.16. The zero-order valence-electron chi connectivity index (χ0n) is 17.3. The van der Waals surface area contributed by atoms with Gasteiger partial charge in [0, 0.05) is 37.1 Å². The minimum Gasteiger partial charge on any atom is -0.319 e. The van der Waals surface area contributed by atoms with Crippen LogP contribution in [0.4, 0.5) is 5.69 Å². The highest BCUT2D eigenvalue weighted by atomic mass is 16.2. The Kier molecular flexibility index (Phi) is 7.08. The minimum atomic E-state index is -0.292. The van der Waals surface area contributed by atoms with E-state index < -0.39 is 0 Å². The van der Waals surface area contributed by atoms with E-state index in [1.54, 1.807) is 11.0 Å². The highest BCUT2D eigenvalue weighted by molar-refractivity contribution is 6.01. The molecular formula is C22H28N6O. The predicted molar refractivity (Wildman–Crippen MR) is 114 cm³/mol. The second-order valence-electron chi connectivity index (χ2n) is 7.31. The van der Waals surface area contributed by atoms with Crippen molar-refractivity contribution in [1.29, 1.82) is 0 Å². The van der Waals surface area contributed by atoms with Gasteiger partial charge in [-0.25, -0.2) is 4.98 Å². The van der Waals surface area contributed by atoms with Crippen LogP contribution in [0.3, 0.4) is 0 Å². The quantitative estimate of drug-likeness (QED) is 0.606. The van der Waals surface area contributed by atoms with Crippen molar-refractivity contribution in [1.82, 2.24) is 24.6 Å². The fourth-order valence-electron chi connectivity index (χ4n) is 2.98. The first kappa shape index (κ1) is 20.7. The average Bonchev–Trinajstić information content (AvgIpc) is 3.19. The van der Waals surface area contributed by atoms with Gasteiger partial charge in [-0.2, -0.15) is 0 Å². The van der Waals surface area contributed by atoms with Crippen LogP contribution in [0.25, 0.3) is 0 Å². The molecule has 29 heavy (non-hydrogen) atoms. The molecule has 0 aliphatic carbocycles. The zero-order valence-corrected chi connectivity index (χ0v) is 17.3. The fourth-order valence-corrected chi connectivity index (χ4v) is 2.98. The highest BCUT2D eigenvalue weighted by Gasteiger charge is 2.12. The summed E-state index contributed by atoms with van der Waals surface area (Å²) < 4.78 is 1.72. The molecule has 0 spiro atoms. The molecule has 0 atom stereocenters. The van der Waals surface area contributed by atoms with Crippen LogP contribution < -0.4 is 5.32 Å². The number of carbonyl (C=O) groups is 1. The first-order chi connectivity index (χ1) is 14.0. The van der Waals surface area contributed by atoms with E-state index in [1.165, 1.54) is 5.56 Å². The van der Waals surface area contributed by atoms with Gasteiger partial charge in [0.1, 0.15) is 6.33 Å². The van der Waals surface area contributed by atoms with Gasteiger partial charge in [0.05, 0.1) is 0 Å². The van der Waals surface area contributed by atoms with E-state index >= 15 is 0 Å². The lowest BCUT2D eigenvalue weighted by Gasteiger charge is -2.15. The third kappa shape index (κ3) is 6.22. The monoisotopic (exact) mass is 392 g/mol. The normalized spacial score (nSPS) is 11.0. The molecule has 0 aliphatic heterocycles. The molecule has 152 valence electrons. The maximum atomic E-state index is 12.4. The van der Waals surface area contributed by atoms with Crippen LogP contribution in [0.1, 0.15) is 33.9 Å². The Hall–Kier alpha value is -3.06. The second kappa shape index (κ2) is 9.93. The number of nitrogens with one attached hydrogen (secondary N) is 1. The summed E-state index contributed by atoms with van der Waals surface area (Å²) in [5.74, 6) is -0.105. The lowest BCUT2D eigenvalue weighted by atomic mass is 10.1. The van der Waals surface area contributed by atoms with Crippen molar-refractivity contribution in [2.24, 2.45) is 0 Å². The number of aryl methyl sites for hydroxylation is 3. The summed E-state index contributed by atoms with van der Waals surface area (Å²) >= 11 is 0. The van der Waals surface area contributed by atoms with Crippen molar-refractivity contribution in [3.63, 3.8) is 0 Å². The molecule has 3 aromatic rings. The van der Waals surface area contributed by atoms with Gasteiger partial charge < -0.3 is 10.2 Å². The molecule has 2 aromatic heterocycles. The number of hydrogen-bond acceptors (Lipinski definition) is 5. The zero-order chi connectivity index (χ0) is 20.6. The maximum absolute atomic E-state index is 12.4. The Bertz CT molecular complexity index is 937. The van der Waals surface area contributed by atoms with Gasteiger partial charge in [0.25, 0.3) is 5.91 Å². The smallest absolute Gasteiger partial charge is 0.295 e. The minimum absolute atomic E-state index is 0.187. The first-order valence-electron chi connectivity index (χ1n) is 9.88. The van der Waals surface area contributed by atoms with E-state index in [0.717, 1.165) is 49.4 Å². The number of anilines is 1. The number of rotatable bonds is 9. The summed E-state index contributed by atoms with van der Waals surface area (Å²) in [7, 11) is 2.10. The van der Waals surface area contributed by atoms with Crippen LogP contribution in [0.15, 0.2) is 48.9 Å².